The van der Waals surface area contributed by atoms with Crippen LogP contribution >= 0.6 is 0 Å². The van der Waals surface area contributed by atoms with E-state index >= 15 is 0 Å². The van der Waals surface area contributed by atoms with E-state index in [0.717, 1.165) is 32.5 Å². The summed E-state index contributed by atoms with van der Waals surface area (Å²) in [7, 11) is 0. The number of nitrogens with zero attached hydrogens (tertiary/aromatic N) is 1. The van der Waals surface area contributed by atoms with E-state index in [0.29, 0.717) is 12.5 Å². The highest BCUT2D eigenvalue weighted by Crippen LogP contribution is 2.18. The van der Waals surface area contributed by atoms with Crippen molar-refractivity contribution in [2.75, 3.05) is 26.2 Å². The lowest BCUT2D eigenvalue weighted by molar-refractivity contribution is -0.122. The Balaban J connectivity index is 2.20. The van der Waals surface area contributed by atoms with Crippen LogP contribution in [0.3, 0.4) is 0 Å². The van der Waals surface area contributed by atoms with Crippen LogP contribution in [0.5, 0.6) is 0 Å². The minimum Gasteiger partial charge on any atom is -0.393 e. The van der Waals surface area contributed by atoms with Crippen molar-refractivity contribution in [2.45, 2.75) is 32.8 Å². The number of aliphatic hydroxyl groups is 1. The average Bonchev–Trinajstić information content (AvgIpc) is 2.63. The van der Waals surface area contributed by atoms with Crippen LogP contribution in [-0.2, 0) is 4.79 Å². The van der Waals surface area contributed by atoms with Crippen molar-refractivity contribution >= 4 is 5.91 Å². The molecule has 0 aromatic rings. The van der Waals surface area contributed by atoms with Gasteiger partial charge in [-0.25, -0.2) is 0 Å². The first kappa shape index (κ1) is 12.5. The van der Waals surface area contributed by atoms with Gasteiger partial charge in [0.25, 0.3) is 0 Å². The number of carbonyl (C=O) groups excluding carboxylic acids is 1. The van der Waals surface area contributed by atoms with Gasteiger partial charge in [0, 0.05) is 13.1 Å². The number of amides is 1. The Morgan fingerprint density at radius 3 is 2.93 bits per heavy atom. The lowest BCUT2D eigenvalue weighted by Crippen LogP contribution is -2.36. The number of nitrogens with one attached hydrogen (secondary N) is 1. The van der Waals surface area contributed by atoms with Crippen LogP contribution in [-0.4, -0.2) is 48.2 Å². The molecule has 1 aliphatic rings. The number of aliphatic hydroxyl groups excluding tert-OH is 1. The molecule has 0 aromatic heterocycles. The summed E-state index contributed by atoms with van der Waals surface area (Å²) in [4.78, 5) is 13.5. The minimum atomic E-state index is -0.256. The molecular weight excluding hydrogens is 192 g/mol. The van der Waals surface area contributed by atoms with E-state index in [9.17, 15) is 9.90 Å². The fourth-order valence-corrected chi connectivity index (χ4v) is 1.92. The first-order valence-corrected chi connectivity index (χ1v) is 5.80. The largest absolute Gasteiger partial charge is 0.393 e. The molecule has 1 rings (SSSR count). The van der Waals surface area contributed by atoms with Gasteiger partial charge in [0.15, 0.2) is 0 Å². The predicted octanol–water partition coefficient (Wildman–Crippen LogP) is 0.215. The molecule has 0 aliphatic carbocycles. The molecule has 0 saturated carbocycles. The molecule has 2 unspecified atom stereocenters. The molecule has 1 saturated heterocycles. The van der Waals surface area contributed by atoms with E-state index in [2.05, 4.69) is 10.2 Å². The van der Waals surface area contributed by atoms with Gasteiger partial charge in [-0.3, -0.25) is 9.69 Å². The molecule has 1 amide bonds. The fraction of sp³-hybridized carbons (Fsp3) is 0.909. The van der Waals surface area contributed by atoms with Crippen molar-refractivity contribution in [3.63, 3.8) is 0 Å². The van der Waals surface area contributed by atoms with E-state index in [1.165, 1.54) is 0 Å². The SMILES string of the molecule is CCCNC(=O)CN1CCC(C(C)O)C1. The molecule has 0 aromatic carbocycles. The van der Waals surface area contributed by atoms with Crippen LogP contribution in [0.1, 0.15) is 26.7 Å². The molecule has 2 N–H and O–H groups in total. The highest BCUT2D eigenvalue weighted by atomic mass is 16.3. The van der Waals surface area contributed by atoms with Gasteiger partial charge in [-0.2, -0.15) is 0 Å². The zero-order valence-corrected chi connectivity index (χ0v) is 9.70. The zero-order valence-electron chi connectivity index (χ0n) is 9.70. The predicted molar refractivity (Wildman–Crippen MR) is 59.5 cm³/mol. The van der Waals surface area contributed by atoms with Crippen molar-refractivity contribution in [1.29, 1.82) is 0 Å². The summed E-state index contributed by atoms with van der Waals surface area (Å²) in [6.45, 7) is 6.87. The molecule has 0 radical (unpaired) electrons. The maximum Gasteiger partial charge on any atom is 0.234 e. The summed E-state index contributed by atoms with van der Waals surface area (Å²) < 4.78 is 0. The highest BCUT2D eigenvalue weighted by molar-refractivity contribution is 5.77. The van der Waals surface area contributed by atoms with Crippen molar-refractivity contribution in [1.82, 2.24) is 10.2 Å². The van der Waals surface area contributed by atoms with Gasteiger partial charge in [0.1, 0.15) is 0 Å². The monoisotopic (exact) mass is 214 g/mol. The fourth-order valence-electron chi connectivity index (χ4n) is 1.92. The van der Waals surface area contributed by atoms with Crippen LogP contribution in [0.4, 0.5) is 0 Å². The van der Waals surface area contributed by atoms with Crippen LogP contribution in [0.25, 0.3) is 0 Å². The van der Waals surface area contributed by atoms with E-state index in [-0.39, 0.29) is 12.0 Å². The Labute approximate surface area is 91.6 Å². The second kappa shape index (κ2) is 6.08. The number of likely N-dealkylation sites (tertiary alicyclic amines) is 1. The standard InChI is InChI=1S/C11H22N2O2/c1-3-5-12-11(15)8-13-6-4-10(7-13)9(2)14/h9-10,14H,3-8H2,1-2H3,(H,12,15). The van der Waals surface area contributed by atoms with Gasteiger partial charge in [-0.1, -0.05) is 6.92 Å². The Kier molecular flexibility index (Phi) is 5.05. The van der Waals surface area contributed by atoms with Crippen molar-refractivity contribution in [3.05, 3.63) is 0 Å². The quantitative estimate of drug-likeness (QED) is 0.688. The smallest absolute Gasteiger partial charge is 0.234 e. The molecule has 4 heteroatoms. The summed E-state index contributed by atoms with van der Waals surface area (Å²) >= 11 is 0. The molecule has 88 valence electrons. The Hall–Kier alpha value is -0.610. The van der Waals surface area contributed by atoms with Gasteiger partial charge < -0.3 is 10.4 Å². The molecule has 1 heterocycles. The summed E-state index contributed by atoms with van der Waals surface area (Å²) in [6, 6.07) is 0. The number of hydrogen-bond donors (Lipinski definition) is 2. The van der Waals surface area contributed by atoms with Gasteiger partial charge >= 0.3 is 0 Å². The Morgan fingerprint density at radius 1 is 1.67 bits per heavy atom. The molecule has 0 bridgehead atoms. The molecule has 1 fully saturated rings. The molecule has 1 aliphatic heterocycles. The summed E-state index contributed by atoms with van der Waals surface area (Å²) in [5.74, 6) is 0.437. The van der Waals surface area contributed by atoms with Crippen LogP contribution in [0.2, 0.25) is 0 Å². The molecule has 4 nitrogen and oxygen atoms in total. The lowest BCUT2D eigenvalue weighted by Gasteiger charge is -2.16. The topological polar surface area (TPSA) is 52.6 Å². The third kappa shape index (κ3) is 4.18. The highest BCUT2D eigenvalue weighted by Gasteiger charge is 2.26. The number of rotatable bonds is 5. The molecular formula is C11H22N2O2. The second-order valence-electron chi connectivity index (χ2n) is 4.37. The molecule has 2 atom stereocenters. The van der Waals surface area contributed by atoms with Crippen LogP contribution in [0, 0.1) is 5.92 Å². The van der Waals surface area contributed by atoms with Crippen LogP contribution in [0.15, 0.2) is 0 Å². The van der Waals surface area contributed by atoms with Crippen LogP contribution < -0.4 is 5.32 Å². The first-order chi connectivity index (χ1) is 7.13. The zero-order chi connectivity index (χ0) is 11.3. The van der Waals surface area contributed by atoms with Crippen molar-refractivity contribution in [2.24, 2.45) is 5.92 Å². The van der Waals surface area contributed by atoms with Gasteiger partial charge in [-0.05, 0) is 32.2 Å². The lowest BCUT2D eigenvalue weighted by atomic mass is 10.0. The molecule has 15 heavy (non-hydrogen) atoms. The van der Waals surface area contributed by atoms with Gasteiger partial charge in [-0.15, -0.1) is 0 Å². The van der Waals surface area contributed by atoms with E-state index in [1.807, 2.05) is 13.8 Å². The Bertz CT molecular complexity index is 207. The van der Waals surface area contributed by atoms with Gasteiger partial charge in [0.05, 0.1) is 12.6 Å². The number of hydrogen-bond acceptors (Lipinski definition) is 3. The normalized spacial score (nSPS) is 24.1. The summed E-state index contributed by atoms with van der Waals surface area (Å²) in [5.41, 5.74) is 0. The first-order valence-electron chi connectivity index (χ1n) is 5.80. The third-order valence-electron chi connectivity index (χ3n) is 2.93. The summed E-state index contributed by atoms with van der Waals surface area (Å²) in [6.07, 6.45) is 1.72. The van der Waals surface area contributed by atoms with E-state index in [4.69, 9.17) is 0 Å². The van der Waals surface area contributed by atoms with Crippen molar-refractivity contribution in [3.8, 4) is 0 Å². The van der Waals surface area contributed by atoms with Crippen molar-refractivity contribution < 1.29 is 9.90 Å². The van der Waals surface area contributed by atoms with Gasteiger partial charge in [0.2, 0.25) is 5.91 Å². The second-order valence-corrected chi connectivity index (χ2v) is 4.37. The van der Waals surface area contributed by atoms with E-state index in [1.54, 1.807) is 0 Å². The minimum absolute atomic E-state index is 0.100. The molecule has 0 spiro atoms. The number of carbonyl (C=O) groups is 1. The Morgan fingerprint density at radius 2 is 2.40 bits per heavy atom. The third-order valence-corrected chi connectivity index (χ3v) is 2.93. The average molecular weight is 214 g/mol. The maximum absolute atomic E-state index is 11.4. The maximum atomic E-state index is 11.4. The van der Waals surface area contributed by atoms with E-state index < -0.39 is 0 Å². The summed E-state index contributed by atoms with van der Waals surface area (Å²) in [5, 5.41) is 12.3.